The number of benzene rings is 1. The van der Waals surface area contributed by atoms with E-state index in [9.17, 15) is 4.79 Å². The summed E-state index contributed by atoms with van der Waals surface area (Å²) in [6.07, 6.45) is 0.942. The van der Waals surface area contributed by atoms with E-state index in [4.69, 9.17) is 10.5 Å². The van der Waals surface area contributed by atoms with E-state index in [1.54, 1.807) is 18.2 Å². The van der Waals surface area contributed by atoms with Crippen molar-refractivity contribution < 1.29 is 14.3 Å². The molecule has 1 rings (SSSR count). The molecular formula is C12H17NO3. The fraction of sp³-hybridized carbons (Fsp3) is 0.417. The van der Waals surface area contributed by atoms with E-state index >= 15 is 0 Å². The van der Waals surface area contributed by atoms with Gasteiger partial charge in [-0.1, -0.05) is 13.0 Å². The van der Waals surface area contributed by atoms with E-state index < -0.39 is 5.97 Å². The Morgan fingerprint density at radius 2 is 2.19 bits per heavy atom. The molecule has 1 atom stereocenters. The van der Waals surface area contributed by atoms with E-state index in [0.29, 0.717) is 17.0 Å². The molecule has 0 heterocycles. The third-order valence-electron chi connectivity index (χ3n) is 2.37. The maximum absolute atomic E-state index is 11.4. The zero-order valence-electron chi connectivity index (χ0n) is 9.82. The van der Waals surface area contributed by atoms with Crippen molar-refractivity contribution in [1.82, 2.24) is 0 Å². The first-order valence-corrected chi connectivity index (χ1v) is 5.23. The number of methoxy groups -OCH3 is 1. The highest BCUT2D eigenvalue weighted by molar-refractivity contribution is 5.96. The molecule has 0 aromatic heterocycles. The molecule has 16 heavy (non-hydrogen) atoms. The molecule has 0 saturated heterocycles. The summed E-state index contributed by atoms with van der Waals surface area (Å²) < 4.78 is 10.2. The number of carbonyl (C=O) groups excluding carboxylic acids is 1. The zero-order valence-corrected chi connectivity index (χ0v) is 9.82. The standard InChI is InChI=1S/C12H17NO3/c1-4-8(2)16-10-7-5-6-9(11(10)13)12(14)15-3/h5-8H,4,13H2,1-3H3. The number of anilines is 1. The lowest BCUT2D eigenvalue weighted by Gasteiger charge is -2.15. The average Bonchev–Trinajstić information content (AvgIpc) is 2.30. The topological polar surface area (TPSA) is 61.5 Å². The van der Waals surface area contributed by atoms with E-state index in [2.05, 4.69) is 4.74 Å². The Labute approximate surface area is 95.3 Å². The van der Waals surface area contributed by atoms with Gasteiger partial charge >= 0.3 is 5.97 Å². The largest absolute Gasteiger partial charge is 0.489 e. The molecule has 0 amide bonds. The molecule has 1 aromatic carbocycles. The number of esters is 1. The summed E-state index contributed by atoms with van der Waals surface area (Å²) in [7, 11) is 1.32. The molecule has 0 aliphatic heterocycles. The van der Waals surface area contributed by atoms with Gasteiger partial charge in [0, 0.05) is 0 Å². The van der Waals surface area contributed by atoms with Gasteiger partial charge in [0.15, 0.2) is 0 Å². The van der Waals surface area contributed by atoms with Crippen molar-refractivity contribution in [2.24, 2.45) is 0 Å². The summed E-state index contributed by atoms with van der Waals surface area (Å²) in [5.41, 5.74) is 6.50. The van der Waals surface area contributed by atoms with Gasteiger partial charge in [-0.2, -0.15) is 0 Å². The number of para-hydroxylation sites is 1. The van der Waals surface area contributed by atoms with E-state index in [-0.39, 0.29) is 6.10 Å². The minimum atomic E-state index is -0.452. The third-order valence-corrected chi connectivity index (χ3v) is 2.37. The van der Waals surface area contributed by atoms with Crippen LogP contribution in [0.2, 0.25) is 0 Å². The number of ether oxygens (including phenoxy) is 2. The van der Waals surface area contributed by atoms with Crippen LogP contribution in [-0.2, 0) is 4.74 Å². The van der Waals surface area contributed by atoms with Crippen molar-refractivity contribution in [2.45, 2.75) is 26.4 Å². The Morgan fingerprint density at radius 3 is 2.75 bits per heavy atom. The van der Waals surface area contributed by atoms with Crippen LogP contribution in [0.5, 0.6) is 5.75 Å². The molecule has 0 aliphatic rings. The summed E-state index contributed by atoms with van der Waals surface area (Å²) in [6, 6.07) is 5.08. The quantitative estimate of drug-likeness (QED) is 0.628. The Hall–Kier alpha value is -1.71. The van der Waals surface area contributed by atoms with Gasteiger partial charge in [-0.05, 0) is 25.5 Å². The minimum absolute atomic E-state index is 0.0650. The van der Waals surface area contributed by atoms with Crippen LogP contribution in [0.4, 0.5) is 5.69 Å². The van der Waals surface area contributed by atoms with Crippen molar-refractivity contribution in [3.63, 3.8) is 0 Å². The highest BCUT2D eigenvalue weighted by Gasteiger charge is 2.14. The van der Waals surface area contributed by atoms with Crippen LogP contribution in [0.3, 0.4) is 0 Å². The summed E-state index contributed by atoms with van der Waals surface area (Å²) in [5, 5.41) is 0. The predicted octanol–water partition coefficient (Wildman–Crippen LogP) is 2.23. The summed E-state index contributed by atoms with van der Waals surface area (Å²) in [4.78, 5) is 11.4. The smallest absolute Gasteiger partial charge is 0.340 e. The number of hydrogen-bond donors (Lipinski definition) is 1. The maximum Gasteiger partial charge on any atom is 0.340 e. The average molecular weight is 223 g/mol. The van der Waals surface area contributed by atoms with E-state index in [1.807, 2.05) is 13.8 Å². The molecule has 0 aliphatic carbocycles. The molecule has 0 bridgehead atoms. The summed E-state index contributed by atoms with van der Waals surface area (Å²) >= 11 is 0. The molecule has 0 fully saturated rings. The first-order valence-electron chi connectivity index (χ1n) is 5.23. The van der Waals surface area contributed by atoms with Crippen molar-refractivity contribution in [1.29, 1.82) is 0 Å². The number of carbonyl (C=O) groups is 1. The normalized spacial score (nSPS) is 11.9. The minimum Gasteiger partial charge on any atom is -0.489 e. The van der Waals surface area contributed by atoms with E-state index in [0.717, 1.165) is 6.42 Å². The van der Waals surface area contributed by atoms with Gasteiger partial charge in [0.1, 0.15) is 5.75 Å². The Morgan fingerprint density at radius 1 is 1.50 bits per heavy atom. The van der Waals surface area contributed by atoms with Crippen molar-refractivity contribution >= 4 is 11.7 Å². The molecule has 4 nitrogen and oxygen atoms in total. The Kier molecular flexibility index (Phi) is 4.17. The lowest BCUT2D eigenvalue weighted by Crippen LogP contribution is -2.13. The highest BCUT2D eigenvalue weighted by Crippen LogP contribution is 2.26. The summed E-state index contributed by atoms with van der Waals surface area (Å²) in [6.45, 7) is 3.97. The van der Waals surface area contributed by atoms with Crippen LogP contribution in [0.25, 0.3) is 0 Å². The van der Waals surface area contributed by atoms with Gasteiger partial charge in [0.25, 0.3) is 0 Å². The fourth-order valence-electron chi connectivity index (χ4n) is 1.23. The molecule has 2 N–H and O–H groups in total. The number of rotatable bonds is 4. The highest BCUT2D eigenvalue weighted by atomic mass is 16.5. The van der Waals surface area contributed by atoms with Gasteiger partial charge in [-0.25, -0.2) is 4.79 Å². The van der Waals surface area contributed by atoms with Gasteiger partial charge in [-0.15, -0.1) is 0 Å². The van der Waals surface area contributed by atoms with Gasteiger partial charge in [-0.3, -0.25) is 0 Å². The molecule has 88 valence electrons. The monoisotopic (exact) mass is 223 g/mol. The van der Waals surface area contributed by atoms with Crippen LogP contribution in [0.15, 0.2) is 18.2 Å². The Balaban J connectivity index is 2.99. The molecule has 4 heteroatoms. The molecule has 0 spiro atoms. The predicted molar refractivity (Wildman–Crippen MR) is 62.6 cm³/mol. The molecule has 0 saturated carbocycles. The maximum atomic E-state index is 11.4. The van der Waals surface area contributed by atoms with Crippen molar-refractivity contribution in [3.8, 4) is 5.75 Å². The SMILES string of the molecule is CCC(C)Oc1cccc(C(=O)OC)c1N. The van der Waals surface area contributed by atoms with E-state index in [1.165, 1.54) is 7.11 Å². The summed E-state index contributed by atoms with van der Waals surface area (Å²) in [5.74, 6) is 0.0735. The zero-order chi connectivity index (χ0) is 12.1. The second kappa shape index (κ2) is 5.39. The molecule has 1 unspecified atom stereocenters. The second-order valence-electron chi connectivity index (χ2n) is 3.55. The van der Waals surface area contributed by atoms with Crippen LogP contribution < -0.4 is 10.5 Å². The first-order chi connectivity index (χ1) is 7.60. The Bertz CT molecular complexity index is 377. The molecule has 1 aromatic rings. The molecular weight excluding hydrogens is 206 g/mol. The van der Waals surface area contributed by atoms with Crippen LogP contribution in [-0.4, -0.2) is 19.2 Å². The van der Waals surface area contributed by atoms with Gasteiger partial charge < -0.3 is 15.2 Å². The van der Waals surface area contributed by atoms with Crippen LogP contribution in [0, 0.1) is 0 Å². The van der Waals surface area contributed by atoms with Crippen molar-refractivity contribution in [3.05, 3.63) is 23.8 Å². The number of hydrogen-bond acceptors (Lipinski definition) is 4. The van der Waals surface area contributed by atoms with Crippen LogP contribution in [0.1, 0.15) is 30.6 Å². The number of nitrogens with two attached hydrogens (primary N) is 1. The van der Waals surface area contributed by atoms with Gasteiger partial charge in [0.2, 0.25) is 0 Å². The van der Waals surface area contributed by atoms with Crippen molar-refractivity contribution in [2.75, 3.05) is 12.8 Å². The lowest BCUT2D eigenvalue weighted by molar-refractivity contribution is 0.0601. The molecule has 0 radical (unpaired) electrons. The van der Waals surface area contributed by atoms with Gasteiger partial charge in [0.05, 0.1) is 24.5 Å². The fourth-order valence-corrected chi connectivity index (χ4v) is 1.23. The lowest BCUT2D eigenvalue weighted by atomic mass is 10.1. The van der Waals surface area contributed by atoms with Crippen LogP contribution >= 0.6 is 0 Å². The second-order valence-corrected chi connectivity index (χ2v) is 3.55. The third kappa shape index (κ3) is 2.66. The number of nitrogen functional groups attached to an aromatic ring is 1. The first kappa shape index (κ1) is 12.4.